The highest BCUT2D eigenvalue weighted by molar-refractivity contribution is 6.05. The minimum Gasteiger partial charge on any atom is -0.462 e. The fourth-order valence-corrected chi connectivity index (χ4v) is 8.03. The van der Waals surface area contributed by atoms with E-state index in [4.69, 9.17) is 9.47 Å². The predicted molar refractivity (Wildman–Crippen MR) is 103 cm³/mol. The zero-order valence-corrected chi connectivity index (χ0v) is 17.5. The first-order chi connectivity index (χ1) is 13.0. The summed E-state index contributed by atoms with van der Waals surface area (Å²) >= 11 is 0. The number of hydrogen-bond donors (Lipinski definition) is 2. The van der Waals surface area contributed by atoms with E-state index in [2.05, 4.69) is 27.4 Å². The number of aliphatic hydroxyl groups excluding tert-OH is 2. The normalized spacial score (nSPS) is 53.9. The molecule has 5 aliphatic rings. The Hall–Kier alpha value is -1.28. The van der Waals surface area contributed by atoms with Gasteiger partial charge in [0.2, 0.25) is 0 Å². The van der Waals surface area contributed by atoms with Crippen LogP contribution in [-0.2, 0) is 19.1 Å². The van der Waals surface area contributed by atoms with E-state index < -0.39 is 23.5 Å². The zero-order valence-electron chi connectivity index (χ0n) is 17.5. The number of epoxide rings is 1. The maximum Gasteiger partial charge on any atom is 0.302 e. The molecule has 5 rings (SSSR count). The molecule has 0 amide bonds. The van der Waals surface area contributed by atoms with E-state index >= 15 is 0 Å². The highest BCUT2D eigenvalue weighted by Crippen LogP contribution is 2.74. The third-order valence-electron chi connectivity index (χ3n) is 9.17. The van der Waals surface area contributed by atoms with Crippen LogP contribution in [0.4, 0.5) is 0 Å². The van der Waals surface area contributed by atoms with Crippen molar-refractivity contribution in [2.75, 3.05) is 0 Å². The maximum atomic E-state index is 13.4. The monoisotopic (exact) mass is 408 g/mol. The Bertz CT molecular complexity index is 790. The Morgan fingerprint density at radius 1 is 1.24 bits per heavy atom. The number of Topliss-reactive ketones (excluding diaryl/α,β-unsaturated/α-hetero) is 1. The Kier molecular flexibility index (Phi) is 4.27. The number of rotatable bonds is 1. The van der Waals surface area contributed by atoms with Crippen LogP contribution in [0, 0.1) is 34.0 Å². The quantitative estimate of drug-likeness (QED) is 0.375. The first kappa shape index (κ1) is 21.0. The van der Waals surface area contributed by atoms with Gasteiger partial charge < -0.3 is 25.2 Å². The summed E-state index contributed by atoms with van der Waals surface area (Å²) in [5.74, 6) is -1.07. The van der Waals surface area contributed by atoms with Crippen LogP contribution in [0.1, 0.15) is 47.0 Å². The second kappa shape index (κ2) is 5.90. The van der Waals surface area contributed by atoms with Crippen molar-refractivity contribution in [2.24, 2.45) is 34.0 Å². The van der Waals surface area contributed by atoms with Gasteiger partial charge in [0.1, 0.15) is 6.10 Å². The van der Waals surface area contributed by atoms with E-state index in [-0.39, 0.29) is 58.2 Å². The number of hydrogen-bond acceptors (Lipinski definition) is 6. The number of aliphatic hydroxyl groups is 2. The molecule has 4 N–H and O–H groups in total. The molecule has 0 unspecified atom stereocenters. The molecule has 7 heteroatoms. The van der Waals surface area contributed by atoms with Crippen LogP contribution >= 0.6 is 0 Å². The molecule has 1 heterocycles. The van der Waals surface area contributed by atoms with Crippen molar-refractivity contribution >= 4 is 11.8 Å². The third-order valence-corrected chi connectivity index (χ3v) is 9.17. The zero-order chi connectivity index (χ0) is 20.4. The molecule has 1 spiro atoms. The lowest BCUT2D eigenvalue weighted by Crippen LogP contribution is -2.70. The lowest BCUT2D eigenvalue weighted by molar-refractivity contribution is -0.239. The Balaban J connectivity index is 0.00000205. The van der Waals surface area contributed by atoms with Gasteiger partial charge in [0.25, 0.3) is 0 Å². The molecule has 2 bridgehead atoms. The lowest BCUT2D eigenvalue weighted by Gasteiger charge is -2.65. The summed E-state index contributed by atoms with van der Waals surface area (Å²) < 4.78 is 11.7. The molecule has 4 saturated carbocycles. The van der Waals surface area contributed by atoms with Gasteiger partial charge in [-0.3, -0.25) is 9.59 Å². The van der Waals surface area contributed by atoms with Crippen molar-refractivity contribution < 1.29 is 34.8 Å². The van der Waals surface area contributed by atoms with Gasteiger partial charge in [-0.1, -0.05) is 27.4 Å². The summed E-state index contributed by atoms with van der Waals surface area (Å²) in [6, 6.07) is 0. The average molecular weight is 408 g/mol. The number of ether oxygens (including phenoxy) is 2. The van der Waals surface area contributed by atoms with E-state index in [1.807, 2.05) is 0 Å². The number of ketones is 1. The molecule has 0 radical (unpaired) electrons. The molecule has 29 heavy (non-hydrogen) atoms. The fourth-order valence-electron chi connectivity index (χ4n) is 8.03. The van der Waals surface area contributed by atoms with Crippen LogP contribution < -0.4 is 0 Å². The van der Waals surface area contributed by atoms with Crippen molar-refractivity contribution in [3.8, 4) is 0 Å². The molecule has 0 aromatic rings. The molecular formula is C22H32O7. The van der Waals surface area contributed by atoms with Crippen molar-refractivity contribution in [1.29, 1.82) is 0 Å². The third kappa shape index (κ3) is 2.17. The van der Waals surface area contributed by atoms with E-state index in [0.29, 0.717) is 18.4 Å². The summed E-state index contributed by atoms with van der Waals surface area (Å²) in [6.07, 6.45) is -0.558. The summed E-state index contributed by atoms with van der Waals surface area (Å²) in [4.78, 5) is 25.0. The van der Waals surface area contributed by atoms with Crippen molar-refractivity contribution in [2.45, 2.75) is 77.5 Å². The maximum absolute atomic E-state index is 13.4. The number of carbonyl (C=O) groups excluding carboxylic acids is 2. The van der Waals surface area contributed by atoms with Gasteiger partial charge in [-0.05, 0) is 36.2 Å². The van der Waals surface area contributed by atoms with Crippen LogP contribution in [0.2, 0.25) is 0 Å². The van der Waals surface area contributed by atoms with Gasteiger partial charge >= 0.3 is 5.97 Å². The number of esters is 1. The second-order valence-electron chi connectivity index (χ2n) is 10.6. The second-order valence-corrected chi connectivity index (χ2v) is 10.6. The highest BCUT2D eigenvalue weighted by atomic mass is 16.6. The van der Waals surface area contributed by atoms with Crippen LogP contribution in [0.15, 0.2) is 12.2 Å². The predicted octanol–water partition coefficient (Wildman–Crippen LogP) is 0.800. The first-order valence-corrected chi connectivity index (χ1v) is 10.4. The number of carbonyl (C=O) groups is 2. The molecule has 0 aromatic heterocycles. The fraction of sp³-hybridized carbons (Fsp3) is 0.818. The molecule has 162 valence electrons. The van der Waals surface area contributed by atoms with Gasteiger partial charge in [0.15, 0.2) is 5.78 Å². The molecule has 4 aliphatic carbocycles. The van der Waals surface area contributed by atoms with Gasteiger partial charge in [0, 0.05) is 24.2 Å². The van der Waals surface area contributed by atoms with Gasteiger partial charge in [-0.15, -0.1) is 0 Å². The smallest absolute Gasteiger partial charge is 0.302 e. The minimum absolute atomic E-state index is 0. The topological polar surface area (TPSA) is 128 Å². The minimum atomic E-state index is -1.21. The van der Waals surface area contributed by atoms with Crippen LogP contribution in [0.25, 0.3) is 0 Å². The largest absolute Gasteiger partial charge is 0.462 e. The molecular weight excluding hydrogens is 376 g/mol. The van der Waals surface area contributed by atoms with Gasteiger partial charge in [-0.2, -0.15) is 0 Å². The first-order valence-electron chi connectivity index (χ1n) is 10.4. The standard InChI is InChI=1S/C22H30O6.H2O/c1-9-14-15-16(28-15)17-21(5)7-6-13(27-10(2)23)20(3,4)11(21)8-12(24)22(17,18(9)25)19(14)26;/h11-17,19,24,26H,1,6-8H2,2-5H3;1H2/t11-,12-,13+,14-,15-,16-,17+,19-,21-,22-;/m1./s1. The molecule has 5 fully saturated rings. The van der Waals surface area contributed by atoms with E-state index in [1.165, 1.54) is 6.92 Å². The van der Waals surface area contributed by atoms with E-state index in [9.17, 15) is 19.8 Å². The molecule has 7 nitrogen and oxygen atoms in total. The van der Waals surface area contributed by atoms with Crippen molar-refractivity contribution in [3.63, 3.8) is 0 Å². The number of fused-ring (bicyclic) bond motifs is 6. The highest BCUT2D eigenvalue weighted by Gasteiger charge is 2.82. The Morgan fingerprint density at radius 3 is 2.52 bits per heavy atom. The van der Waals surface area contributed by atoms with Crippen molar-refractivity contribution in [1.82, 2.24) is 0 Å². The summed E-state index contributed by atoms with van der Waals surface area (Å²) in [5.41, 5.74) is -1.46. The van der Waals surface area contributed by atoms with E-state index in [0.717, 1.165) is 6.42 Å². The van der Waals surface area contributed by atoms with Crippen LogP contribution in [0.3, 0.4) is 0 Å². The van der Waals surface area contributed by atoms with Crippen LogP contribution in [-0.4, -0.2) is 58.0 Å². The molecule has 1 aliphatic heterocycles. The lowest BCUT2D eigenvalue weighted by atomic mass is 9.39. The van der Waals surface area contributed by atoms with Gasteiger partial charge in [0.05, 0.1) is 29.8 Å². The SMILES string of the molecule is C=C1C(=O)[C@@]23[C@H](O)C[C@@H]4C(C)(C)[C@@H](OC(C)=O)CC[C@@]4(C)[C@@H]2[C@@H]2O[C@@H]2[C@@H]1[C@H]3O.O. The van der Waals surface area contributed by atoms with Crippen molar-refractivity contribution in [3.05, 3.63) is 12.2 Å². The summed E-state index contributed by atoms with van der Waals surface area (Å²) in [6.45, 7) is 11.8. The van der Waals surface area contributed by atoms with Crippen LogP contribution in [0.5, 0.6) is 0 Å². The molecule has 0 aromatic carbocycles. The van der Waals surface area contributed by atoms with Gasteiger partial charge in [-0.25, -0.2) is 0 Å². The Labute approximate surface area is 170 Å². The van der Waals surface area contributed by atoms with E-state index in [1.54, 1.807) is 0 Å². The molecule has 1 saturated heterocycles. The molecule has 10 atom stereocenters. The average Bonchev–Trinajstić information content (AvgIpc) is 3.35. The Morgan fingerprint density at radius 2 is 1.90 bits per heavy atom. The summed E-state index contributed by atoms with van der Waals surface area (Å²) in [7, 11) is 0. The summed E-state index contributed by atoms with van der Waals surface area (Å²) in [5, 5.41) is 22.6.